The summed E-state index contributed by atoms with van der Waals surface area (Å²) in [6.45, 7) is 0.218. The lowest BCUT2D eigenvalue weighted by molar-refractivity contribution is -0.140. The Labute approximate surface area is 176 Å². The highest BCUT2D eigenvalue weighted by molar-refractivity contribution is 9.10. The van der Waals surface area contributed by atoms with Crippen LogP contribution in [-0.2, 0) is 17.1 Å². The van der Waals surface area contributed by atoms with Crippen LogP contribution in [0.5, 0.6) is 0 Å². The molecule has 0 saturated carbocycles. The molecule has 1 atom stereocenters. The van der Waals surface area contributed by atoms with Crippen LogP contribution in [0.1, 0.15) is 11.1 Å². The number of nitrogens with zero attached hydrogens (tertiary/aromatic N) is 1. The lowest BCUT2D eigenvalue weighted by Crippen LogP contribution is -2.62. The summed E-state index contributed by atoms with van der Waals surface area (Å²) in [6, 6.07) is 22.4. The van der Waals surface area contributed by atoms with Crippen molar-refractivity contribution >= 4 is 39.2 Å². The van der Waals surface area contributed by atoms with E-state index < -0.39 is 17.7 Å². The van der Waals surface area contributed by atoms with Crippen molar-refractivity contribution in [3.8, 4) is 0 Å². The van der Waals surface area contributed by atoms with Gasteiger partial charge in [0, 0.05) is 22.3 Å². The molecule has 7 heteroatoms. The number of anilines is 2. The predicted octanol–water partition coefficient (Wildman–Crippen LogP) is 3.96. The molecule has 0 saturated heterocycles. The van der Waals surface area contributed by atoms with Crippen LogP contribution in [-0.4, -0.2) is 17.0 Å². The van der Waals surface area contributed by atoms with Gasteiger partial charge >= 0.3 is 6.03 Å². The number of fused-ring (bicyclic) bond motifs is 1. The van der Waals surface area contributed by atoms with E-state index in [1.54, 1.807) is 48.5 Å². The zero-order valence-corrected chi connectivity index (χ0v) is 16.9. The molecule has 1 heterocycles. The standard InChI is InChI=1S/C22H18BrN3O3/c23-16-11-12-19-18(13-16)22(29,20(27)24-14-15-7-3-1-4-8-15)26(21(28)25-19)17-9-5-2-6-10-17/h1-13,29H,14H2,(H,24,27)(H,25,28). The third-order valence-corrected chi connectivity index (χ3v) is 5.25. The molecule has 29 heavy (non-hydrogen) atoms. The second-order valence-corrected chi connectivity index (χ2v) is 7.55. The molecule has 1 aliphatic rings. The van der Waals surface area contributed by atoms with Gasteiger partial charge in [0.15, 0.2) is 0 Å². The number of benzene rings is 3. The maximum atomic E-state index is 13.3. The van der Waals surface area contributed by atoms with Gasteiger partial charge in [-0.05, 0) is 35.9 Å². The van der Waals surface area contributed by atoms with Gasteiger partial charge in [0.05, 0.1) is 5.69 Å². The van der Waals surface area contributed by atoms with Crippen LogP contribution in [0.3, 0.4) is 0 Å². The van der Waals surface area contributed by atoms with Crippen LogP contribution in [0, 0.1) is 0 Å². The molecule has 0 fully saturated rings. The average Bonchev–Trinajstić information content (AvgIpc) is 2.74. The summed E-state index contributed by atoms with van der Waals surface area (Å²) in [5.41, 5.74) is -0.292. The minimum Gasteiger partial charge on any atom is -0.359 e. The zero-order valence-electron chi connectivity index (χ0n) is 15.3. The molecule has 0 radical (unpaired) electrons. The van der Waals surface area contributed by atoms with Gasteiger partial charge in [-0.15, -0.1) is 0 Å². The van der Waals surface area contributed by atoms with E-state index >= 15 is 0 Å². The van der Waals surface area contributed by atoms with E-state index in [9.17, 15) is 14.7 Å². The van der Waals surface area contributed by atoms with E-state index in [-0.39, 0.29) is 12.1 Å². The zero-order chi connectivity index (χ0) is 20.4. The lowest BCUT2D eigenvalue weighted by atomic mass is 9.94. The number of urea groups is 1. The third kappa shape index (κ3) is 3.50. The van der Waals surface area contributed by atoms with E-state index in [1.807, 2.05) is 30.3 Å². The number of carbonyl (C=O) groups excluding carboxylic acids is 2. The third-order valence-electron chi connectivity index (χ3n) is 4.75. The molecule has 0 aliphatic carbocycles. The molecular formula is C22H18BrN3O3. The fourth-order valence-electron chi connectivity index (χ4n) is 3.36. The second kappa shape index (κ2) is 7.69. The highest BCUT2D eigenvalue weighted by Crippen LogP contribution is 2.40. The summed E-state index contributed by atoms with van der Waals surface area (Å²) in [5.74, 6) is -0.695. The molecule has 0 bridgehead atoms. The van der Waals surface area contributed by atoms with Crippen LogP contribution in [0.2, 0.25) is 0 Å². The predicted molar refractivity (Wildman–Crippen MR) is 114 cm³/mol. The molecule has 3 amide bonds. The van der Waals surface area contributed by atoms with Crippen molar-refractivity contribution in [2.75, 3.05) is 10.2 Å². The number of carbonyl (C=O) groups is 2. The minimum absolute atomic E-state index is 0.218. The fraction of sp³-hybridized carbons (Fsp3) is 0.0909. The topological polar surface area (TPSA) is 81.7 Å². The van der Waals surface area contributed by atoms with Crippen molar-refractivity contribution in [2.45, 2.75) is 12.3 Å². The summed E-state index contributed by atoms with van der Waals surface area (Å²) in [5, 5.41) is 17.2. The van der Waals surface area contributed by atoms with E-state index in [0.717, 1.165) is 10.5 Å². The Hall–Kier alpha value is -3.16. The Balaban J connectivity index is 1.79. The summed E-state index contributed by atoms with van der Waals surface area (Å²) < 4.78 is 0.676. The summed E-state index contributed by atoms with van der Waals surface area (Å²) in [4.78, 5) is 27.3. The van der Waals surface area contributed by atoms with Gasteiger partial charge in [-0.2, -0.15) is 0 Å². The van der Waals surface area contributed by atoms with Crippen molar-refractivity contribution in [1.82, 2.24) is 5.32 Å². The Morgan fingerprint density at radius 3 is 2.38 bits per heavy atom. The van der Waals surface area contributed by atoms with Crippen LogP contribution in [0.25, 0.3) is 0 Å². The number of halogens is 1. The number of amides is 3. The van der Waals surface area contributed by atoms with Crippen LogP contribution < -0.4 is 15.5 Å². The number of hydrogen-bond donors (Lipinski definition) is 3. The summed E-state index contributed by atoms with van der Waals surface area (Å²) in [7, 11) is 0. The fourth-order valence-corrected chi connectivity index (χ4v) is 3.72. The van der Waals surface area contributed by atoms with Gasteiger partial charge in [-0.25, -0.2) is 4.79 Å². The lowest BCUT2D eigenvalue weighted by Gasteiger charge is -2.42. The van der Waals surface area contributed by atoms with Crippen molar-refractivity contribution < 1.29 is 14.7 Å². The van der Waals surface area contributed by atoms with Gasteiger partial charge in [0.1, 0.15) is 0 Å². The molecule has 1 unspecified atom stereocenters. The molecule has 6 nitrogen and oxygen atoms in total. The highest BCUT2D eigenvalue weighted by Gasteiger charge is 2.52. The number of aliphatic hydroxyl groups is 1. The Morgan fingerprint density at radius 1 is 1.03 bits per heavy atom. The molecule has 0 aromatic heterocycles. The first-order valence-corrected chi connectivity index (χ1v) is 9.80. The normalized spacial score (nSPS) is 18.0. The number of para-hydroxylation sites is 1. The van der Waals surface area contributed by atoms with Crippen LogP contribution in [0.15, 0.2) is 83.3 Å². The van der Waals surface area contributed by atoms with Gasteiger partial charge in [0.25, 0.3) is 11.6 Å². The first kappa shape index (κ1) is 19.2. The largest absolute Gasteiger partial charge is 0.359 e. The maximum absolute atomic E-state index is 13.3. The van der Waals surface area contributed by atoms with Crippen molar-refractivity contribution in [3.05, 3.63) is 94.5 Å². The number of hydrogen-bond acceptors (Lipinski definition) is 3. The van der Waals surface area contributed by atoms with E-state index in [0.29, 0.717) is 15.8 Å². The van der Waals surface area contributed by atoms with Gasteiger partial charge in [0.2, 0.25) is 0 Å². The molecule has 3 N–H and O–H groups in total. The first-order chi connectivity index (χ1) is 14.0. The SMILES string of the molecule is O=C1Nc2ccc(Br)cc2C(O)(C(=O)NCc2ccccc2)N1c1ccccc1. The summed E-state index contributed by atoms with van der Waals surface area (Å²) in [6.07, 6.45) is 0. The molecule has 0 spiro atoms. The smallest absolute Gasteiger partial charge is 0.329 e. The molecule has 3 aromatic carbocycles. The molecule has 4 rings (SSSR count). The molecular weight excluding hydrogens is 434 g/mol. The molecule has 3 aromatic rings. The van der Waals surface area contributed by atoms with Crippen LogP contribution >= 0.6 is 15.9 Å². The van der Waals surface area contributed by atoms with Gasteiger partial charge < -0.3 is 15.7 Å². The minimum atomic E-state index is -2.22. The average molecular weight is 452 g/mol. The summed E-state index contributed by atoms with van der Waals surface area (Å²) >= 11 is 3.38. The monoisotopic (exact) mass is 451 g/mol. The Bertz CT molecular complexity index is 1060. The van der Waals surface area contributed by atoms with Gasteiger partial charge in [-0.3, -0.25) is 9.69 Å². The number of nitrogens with one attached hydrogen (secondary N) is 2. The van der Waals surface area contributed by atoms with Crippen molar-refractivity contribution in [2.24, 2.45) is 0 Å². The Morgan fingerprint density at radius 2 is 1.69 bits per heavy atom. The van der Waals surface area contributed by atoms with E-state index in [1.165, 1.54) is 0 Å². The second-order valence-electron chi connectivity index (χ2n) is 6.63. The quantitative estimate of drug-likeness (QED) is 0.561. The highest BCUT2D eigenvalue weighted by atomic mass is 79.9. The maximum Gasteiger partial charge on any atom is 0.329 e. The molecule has 146 valence electrons. The van der Waals surface area contributed by atoms with Crippen LogP contribution in [0.4, 0.5) is 16.2 Å². The van der Waals surface area contributed by atoms with Gasteiger partial charge in [-0.1, -0.05) is 64.5 Å². The van der Waals surface area contributed by atoms with E-state index in [4.69, 9.17) is 0 Å². The Kier molecular flexibility index (Phi) is 5.08. The van der Waals surface area contributed by atoms with Crippen molar-refractivity contribution in [3.63, 3.8) is 0 Å². The van der Waals surface area contributed by atoms with E-state index in [2.05, 4.69) is 26.6 Å². The molecule has 1 aliphatic heterocycles. The first-order valence-electron chi connectivity index (χ1n) is 9.01. The number of rotatable bonds is 4. The van der Waals surface area contributed by atoms with Crippen molar-refractivity contribution in [1.29, 1.82) is 0 Å².